The quantitative estimate of drug-likeness (QED) is 0.0436. The zero-order chi connectivity index (χ0) is 56.7. The molecule has 1 nitrogen and oxygen atoms in total. The van der Waals surface area contributed by atoms with Crippen LogP contribution in [0.25, 0.3) is 0 Å². The van der Waals surface area contributed by atoms with Gasteiger partial charge in [-0.2, -0.15) is 0 Å². The summed E-state index contributed by atoms with van der Waals surface area (Å²) >= 11 is 0. The van der Waals surface area contributed by atoms with Crippen LogP contribution in [0.4, 0.5) is 0 Å². The van der Waals surface area contributed by atoms with E-state index in [2.05, 4.69) is 107 Å². The van der Waals surface area contributed by atoms with Crippen molar-refractivity contribution in [2.24, 2.45) is 47.3 Å². The summed E-state index contributed by atoms with van der Waals surface area (Å²) in [5.41, 5.74) is 0. The molecule has 0 fully saturated rings. The van der Waals surface area contributed by atoms with Gasteiger partial charge in [-0.05, 0) is 137 Å². The largest absolute Gasteiger partial charge is 0.375 e. The molecule has 8 unspecified atom stereocenters. The Labute approximate surface area is 490 Å². The van der Waals surface area contributed by atoms with E-state index in [0.29, 0.717) is 12.2 Å². The Kier molecular flexibility index (Phi) is 58.2. The van der Waals surface area contributed by atoms with Crippen LogP contribution in [0, 0.1) is 47.3 Å². The topological polar surface area (TPSA) is 9.23 Å². The lowest BCUT2D eigenvalue weighted by Gasteiger charge is -2.27. The first-order valence-electron chi connectivity index (χ1n) is 36.3. The van der Waals surface area contributed by atoms with E-state index in [0.717, 1.165) is 47.3 Å². The van der Waals surface area contributed by atoms with Gasteiger partial charge in [0, 0.05) is 0 Å². The fourth-order valence-electron chi connectivity index (χ4n) is 12.5. The molecular formula is C76H150O. The minimum atomic E-state index is 0.453. The molecule has 0 spiro atoms. The average molecular weight is 1080 g/mol. The molecule has 0 N–H and O–H groups in total. The molecule has 0 aromatic carbocycles. The molecule has 460 valence electrons. The minimum Gasteiger partial charge on any atom is -0.375 e. The molecule has 0 aromatic heterocycles. The second kappa shape index (κ2) is 58.6. The lowest BCUT2D eigenvalue weighted by molar-refractivity contribution is -0.0352. The number of hydrogen-bond acceptors (Lipinski definition) is 1. The van der Waals surface area contributed by atoms with E-state index < -0.39 is 0 Å². The zero-order valence-corrected chi connectivity index (χ0v) is 55.8. The first-order chi connectivity index (χ1) is 37.4. The summed E-state index contributed by atoms with van der Waals surface area (Å²) in [6.45, 7) is 29.4. The van der Waals surface area contributed by atoms with Crippen molar-refractivity contribution in [3.05, 3.63) is 24.3 Å². The van der Waals surface area contributed by atoms with Crippen LogP contribution in [-0.4, -0.2) is 12.2 Å². The summed E-state index contributed by atoms with van der Waals surface area (Å²) in [4.78, 5) is 0. The first kappa shape index (κ1) is 76.4. The highest BCUT2D eigenvalue weighted by Crippen LogP contribution is 2.29. The van der Waals surface area contributed by atoms with Gasteiger partial charge in [0.2, 0.25) is 0 Å². The predicted molar refractivity (Wildman–Crippen MR) is 354 cm³/mol. The van der Waals surface area contributed by atoms with E-state index in [4.69, 9.17) is 4.74 Å². The molecule has 0 amide bonds. The minimum absolute atomic E-state index is 0.453. The van der Waals surface area contributed by atoms with Crippen LogP contribution in [0.15, 0.2) is 24.3 Å². The molecular weight excluding hydrogens is 929 g/mol. The van der Waals surface area contributed by atoms with Gasteiger partial charge in [0.1, 0.15) is 0 Å². The molecule has 8 atom stereocenters. The third-order valence-electron chi connectivity index (χ3n) is 18.5. The van der Waals surface area contributed by atoms with Crippen LogP contribution in [0.1, 0.15) is 404 Å². The summed E-state index contributed by atoms with van der Waals surface area (Å²) in [5.74, 6) is 6.92. The summed E-state index contributed by atoms with van der Waals surface area (Å²) in [6.07, 6.45) is 80.1. The van der Waals surface area contributed by atoms with E-state index >= 15 is 0 Å². The molecule has 0 rings (SSSR count). The van der Waals surface area contributed by atoms with Crippen molar-refractivity contribution < 1.29 is 4.74 Å². The van der Waals surface area contributed by atoms with Crippen LogP contribution >= 0.6 is 0 Å². The Morgan fingerprint density at radius 3 is 0.688 bits per heavy atom. The van der Waals surface area contributed by atoms with E-state index in [1.807, 2.05) is 0 Å². The Balaban J connectivity index is 5.38. The fraction of sp³-hybridized carbons (Fsp3) is 0.947. The number of ether oxygens (including phenoxy) is 1. The van der Waals surface area contributed by atoms with Gasteiger partial charge in [0.25, 0.3) is 0 Å². The van der Waals surface area contributed by atoms with E-state index in [-0.39, 0.29) is 0 Å². The van der Waals surface area contributed by atoms with Crippen LogP contribution in [0.2, 0.25) is 0 Å². The van der Waals surface area contributed by atoms with Crippen LogP contribution in [-0.2, 0) is 4.74 Å². The zero-order valence-electron chi connectivity index (χ0n) is 55.8. The van der Waals surface area contributed by atoms with Crippen molar-refractivity contribution in [1.82, 2.24) is 0 Å². The third kappa shape index (κ3) is 58.4. The van der Waals surface area contributed by atoms with Crippen LogP contribution in [0.3, 0.4) is 0 Å². The van der Waals surface area contributed by atoms with Crippen LogP contribution in [0.5, 0.6) is 0 Å². The number of unbranched alkanes of at least 4 members (excludes halogenated alkanes) is 22. The van der Waals surface area contributed by atoms with Crippen molar-refractivity contribution >= 4 is 0 Å². The maximum absolute atomic E-state index is 7.46. The highest BCUT2D eigenvalue weighted by molar-refractivity contribution is 4.82. The van der Waals surface area contributed by atoms with E-state index in [9.17, 15) is 0 Å². The van der Waals surface area contributed by atoms with Crippen molar-refractivity contribution in [3.63, 3.8) is 0 Å². The summed E-state index contributed by atoms with van der Waals surface area (Å²) < 4.78 is 7.46. The van der Waals surface area contributed by atoms with Gasteiger partial charge >= 0.3 is 0 Å². The lowest BCUT2D eigenvalue weighted by Crippen LogP contribution is -2.24. The molecule has 0 aliphatic rings. The van der Waals surface area contributed by atoms with Gasteiger partial charge in [-0.15, -0.1) is 0 Å². The molecule has 77 heavy (non-hydrogen) atoms. The fourth-order valence-corrected chi connectivity index (χ4v) is 12.5. The molecule has 1 heteroatoms. The van der Waals surface area contributed by atoms with Gasteiger partial charge < -0.3 is 4.74 Å². The second-order valence-electron chi connectivity index (χ2n) is 28.3. The SMILES string of the molecule is CCCCCCCC=CCCCCCCCCC(CCC(C)CCCC(C)CCCC(C)CCCC(C)C)OC(CCCCCCCCC=CCCCCCCC)CCC(C)CCCC(C)CCCC(C)CCCC(C)C. The van der Waals surface area contributed by atoms with Crippen molar-refractivity contribution in [3.8, 4) is 0 Å². The van der Waals surface area contributed by atoms with Gasteiger partial charge in [-0.1, -0.05) is 339 Å². The number of rotatable bonds is 62. The summed E-state index contributed by atoms with van der Waals surface area (Å²) in [7, 11) is 0. The molecule has 0 aromatic rings. The maximum atomic E-state index is 7.46. The van der Waals surface area contributed by atoms with Gasteiger partial charge in [-0.3, -0.25) is 0 Å². The lowest BCUT2D eigenvalue weighted by atomic mass is 9.89. The Bertz CT molecular complexity index is 1090. The van der Waals surface area contributed by atoms with Gasteiger partial charge in [-0.25, -0.2) is 0 Å². The number of allylic oxidation sites excluding steroid dienone is 4. The smallest absolute Gasteiger partial charge is 0.0579 e. The molecule has 0 saturated heterocycles. The summed E-state index contributed by atoms with van der Waals surface area (Å²) in [6, 6.07) is 0. The second-order valence-corrected chi connectivity index (χ2v) is 28.3. The van der Waals surface area contributed by atoms with Crippen molar-refractivity contribution in [2.75, 3.05) is 0 Å². The highest BCUT2D eigenvalue weighted by Gasteiger charge is 2.20. The summed E-state index contributed by atoms with van der Waals surface area (Å²) in [5, 5.41) is 0. The Hall–Kier alpha value is -0.560. The van der Waals surface area contributed by atoms with E-state index in [1.165, 1.54) is 321 Å². The maximum Gasteiger partial charge on any atom is 0.0579 e. The average Bonchev–Trinajstić information content (AvgIpc) is 3.38. The van der Waals surface area contributed by atoms with Crippen molar-refractivity contribution in [1.29, 1.82) is 0 Å². The van der Waals surface area contributed by atoms with Gasteiger partial charge in [0.15, 0.2) is 0 Å². The van der Waals surface area contributed by atoms with E-state index in [1.54, 1.807) is 0 Å². The van der Waals surface area contributed by atoms with Gasteiger partial charge in [0.05, 0.1) is 12.2 Å². The predicted octanol–water partition coefficient (Wildman–Crippen LogP) is 27.5. The molecule has 0 heterocycles. The van der Waals surface area contributed by atoms with Crippen LogP contribution < -0.4 is 0 Å². The standard InChI is InChI=1S/C76H150O/c1-13-15-17-19-21-23-25-27-29-31-33-35-37-39-41-61-75(65-63-73(11)59-47-57-71(9)55-45-53-69(7)51-43-49-67(3)4)77-76(62-42-40-38-36-34-32-30-28-26-24-22-20-18-16-14-2)66-64-74(12)60-48-58-72(10)56-46-54-70(8)52-44-50-68(5)6/h25-28,67-76H,13-24,29-66H2,1-12H3. The first-order valence-corrected chi connectivity index (χ1v) is 36.3. The molecule has 0 radical (unpaired) electrons. The third-order valence-corrected chi connectivity index (χ3v) is 18.5. The normalized spacial score (nSPS) is 15.6. The highest BCUT2D eigenvalue weighted by atomic mass is 16.5. The monoisotopic (exact) mass is 1080 g/mol. The molecule has 0 saturated carbocycles. The molecule has 0 aliphatic carbocycles. The Morgan fingerprint density at radius 1 is 0.208 bits per heavy atom. The number of hydrogen-bond donors (Lipinski definition) is 0. The Morgan fingerprint density at radius 2 is 0.429 bits per heavy atom. The molecule has 0 bridgehead atoms. The van der Waals surface area contributed by atoms with Crippen molar-refractivity contribution in [2.45, 2.75) is 416 Å². The molecule has 0 aliphatic heterocycles.